The number of benzene rings is 2. The number of fused-ring (bicyclic) bond motifs is 2. The Labute approximate surface area is 211 Å². The van der Waals surface area contributed by atoms with Gasteiger partial charge in [0.15, 0.2) is 5.78 Å². The Balaban J connectivity index is 0.00000274. The summed E-state index contributed by atoms with van der Waals surface area (Å²) in [6.07, 6.45) is 4.30. The van der Waals surface area contributed by atoms with E-state index in [1.54, 1.807) is 11.8 Å². The zero-order valence-electron chi connectivity index (χ0n) is 19.1. The van der Waals surface area contributed by atoms with Gasteiger partial charge in [0.25, 0.3) is 5.91 Å². The molecule has 0 saturated carbocycles. The van der Waals surface area contributed by atoms with Crippen LogP contribution in [0.4, 0.5) is 5.69 Å². The Morgan fingerprint density at radius 1 is 1.12 bits per heavy atom. The highest BCUT2D eigenvalue weighted by atomic mass is 35.5. The summed E-state index contributed by atoms with van der Waals surface area (Å²) in [5.74, 6) is 1.50. The van der Waals surface area contributed by atoms with Crippen LogP contribution in [0.3, 0.4) is 0 Å². The maximum Gasteiger partial charge on any atom is 0.251 e. The van der Waals surface area contributed by atoms with Crippen molar-refractivity contribution < 1.29 is 9.59 Å². The zero-order chi connectivity index (χ0) is 22.6. The molecule has 0 atom stereocenters. The normalized spacial score (nSPS) is 17.6. The van der Waals surface area contributed by atoms with Gasteiger partial charge in [-0.1, -0.05) is 36.4 Å². The molecule has 1 amide bonds. The van der Waals surface area contributed by atoms with Crippen LogP contribution in [0.1, 0.15) is 34.3 Å². The topological polar surface area (TPSA) is 61.4 Å². The van der Waals surface area contributed by atoms with E-state index in [1.807, 2.05) is 18.2 Å². The van der Waals surface area contributed by atoms with Crippen LogP contribution in [-0.2, 0) is 4.79 Å². The fraction of sp³-hybridized carbons (Fsp3) is 0.333. The third kappa shape index (κ3) is 5.40. The quantitative estimate of drug-likeness (QED) is 0.577. The Bertz CT molecular complexity index is 1130. The highest BCUT2D eigenvalue weighted by Gasteiger charge is 2.28. The molecule has 0 radical (unpaired) electrons. The predicted molar refractivity (Wildman–Crippen MR) is 144 cm³/mol. The smallest absolute Gasteiger partial charge is 0.251 e. The summed E-state index contributed by atoms with van der Waals surface area (Å²) >= 11 is 1.66. The standard InChI is InChI=1S/C27H29N3O2S.ClH/c31-25-18-33-17-22-16-29-24-8-7-21(15-23(24)26(22)25)27(32)28-11-4-12-30-13-9-20(10-14-30)19-5-2-1-3-6-19;/h1-3,5-9,15,29H,4,10-14,16-18H2,(H,28,32);1H. The van der Waals surface area contributed by atoms with Crippen LogP contribution in [0.2, 0.25) is 0 Å². The van der Waals surface area contributed by atoms with Crippen LogP contribution < -0.4 is 10.6 Å². The molecule has 5 nitrogen and oxygen atoms in total. The number of Topliss-reactive ketones (excluding diaryl/α,β-unsaturated/α-hetero) is 1. The number of anilines is 1. The number of carbonyl (C=O) groups excluding carboxylic acids is 2. The van der Waals surface area contributed by atoms with Crippen LogP contribution in [0.25, 0.3) is 11.1 Å². The van der Waals surface area contributed by atoms with Gasteiger partial charge in [0.05, 0.1) is 5.75 Å². The van der Waals surface area contributed by atoms with Crippen LogP contribution >= 0.6 is 24.2 Å². The van der Waals surface area contributed by atoms with E-state index in [4.69, 9.17) is 0 Å². The van der Waals surface area contributed by atoms with Crippen molar-refractivity contribution in [2.75, 3.05) is 49.5 Å². The van der Waals surface area contributed by atoms with Crippen molar-refractivity contribution in [1.29, 1.82) is 0 Å². The van der Waals surface area contributed by atoms with E-state index in [0.29, 0.717) is 24.4 Å². The number of amides is 1. The number of hydrogen-bond donors (Lipinski definition) is 2. The van der Waals surface area contributed by atoms with Gasteiger partial charge >= 0.3 is 0 Å². The van der Waals surface area contributed by atoms with Gasteiger partial charge in [0, 0.05) is 60.9 Å². The first-order chi connectivity index (χ1) is 16.2. The minimum absolute atomic E-state index is 0. The van der Waals surface area contributed by atoms with E-state index >= 15 is 0 Å². The average Bonchev–Trinajstić information content (AvgIpc) is 2.87. The van der Waals surface area contributed by atoms with Gasteiger partial charge in [-0.25, -0.2) is 0 Å². The molecule has 3 aliphatic rings. The van der Waals surface area contributed by atoms with Crippen molar-refractivity contribution in [3.8, 4) is 0 Å². The lowest BCUT2D eigenvalue weighted by atomic mass is 9.91. The highest BCUT2D eigenvalue weighted by molar-refractivity contribution is 8.00. The third-order valence-corrected chi connectivity index (χ3v) is 7.58. The second kappa shape index (κ2) is 11.3. The van der Waals surface area contributed by atoms with E-state index in [-0.39, 0.29) is 24.1 Å². The zero-order valence-corrected chi connectivity index (χ0v) is 20.8. The maximum atomic E-state index is 12.8. The fourth-order valence-electron chi connectivity index (χ4n) is 4.77. The van der Waals surface area contributed by atoms with Gasteiger partial charge in [-0.2, -0.15) is 0 Å². The number of thioether (sulfide) groups is 1. The average molecular weight is 496 g/mol. The van der Waals surface area contributed by atoms with Gasteiger partial charge < -0.3 is 10.6 Å². The third-order valence-electron chi connectivity index (χ3n) is 6.56. The molecule has 0 aliphatic carbocycles. The van der Waals surface area contributed by atoms with Crippen molar-refractivity contribution >= 4 is 52.7 Å². The molecule has 3 aliphatic heterocycles. The second-order valence-corrected chi connectivity index (χ2v) is 9.75. The summed E-state index contributed by atoms with van der Waals surface area (Å²) in [6.45, 7) is 4.33. The molecular formula is C27H30ClN3O2S. The lowest BCUT2D eigenvalue weighted by molar-refractivity contribution is -0.111. The number of rotatable bonds is 6. The summed E-state index contributed by atoms with van der Waals surface area (Å²) in [6, 6.07) is 16.2. The summed E-state index contributed by atoms with van der Waals surface area (Å²) in [7, 11) is 0. The van der Waals surface area contributed by atoms with E-state index in [0.717, 1.165) is 60.6 Å². The summed E-state index contributed by atoms with van der Waals surface area (Å²) < 4.78 is 0. The summed E-state index contributed by atoms with van der Waals surface area (Å²) in [5, 5.41) is 6.44. The van der Waals surface area contributed by atoms with Crippen molar-refractivity contribution in [2.45, 2.75) is 12.8 Å². The molecule has 0 spiro atoms. The monoisotopic (exact) mass is 495 g/mol. The first kappa shape index (κ1) is 24.6. The first-order valence-electron chi connectivity index (χ1n) is 11.7. The first-order valence-corrected chi connectivity index (χ1v) is 12.8. The number of halogens is 1. The molecule has 7 heteroatoms. The molecule has 178 valence electrons. The molecule has 5 rings (SSSR count). The number of nitrogens with zero attached hydrogens (tertiary/aromatic N) is 1. The van der Waals surface area contributed by atoms with Gasteiger partial charge in [-0.3, -0.25) is 14.5 Å². The minimum atomic E-state index is -0.0759. The lowest BCUT2D eigenvalue weighted by Crippen LogP contribution is -2.32. The summed E-state index contributed by atoms with van der Waals surface area (Å²) in [5.41, 5.74) is 7.15. The van der Waals surface area contributed by atoms with Crippen LogP contribution in [-0.4, -0.2) is 60.8 Å². The highest BCUT2D eigenvalue weighted by Crippen LogP contribution is 2.37. The molecule has 0 bridgehead atoms. The van der Waals surface area contributed by atoms with Crippen LogP contribution in [0, 0.1) is 0 Å². The molecule has 0 saturated heterocycles. The van der Waals surface area contributed by atoms with Crippen LogP contribution in [0.5, 0.6) is 0 Å². The second-order valence-electron chi connectivity index (χ2n) is 8.76. The van der Waals surface area contributed by atoms with Gasteiger partial charge in [-0.15, -0.1) is 24.2 Å². The maximum absolute atomic E-state index is 12.8. The number of carbonyl (C=O) groups is 2. The van der Waals surface area contributed by atoms with Gasteiger partial charge in [-0.05, 0) is 47.8 Å². The van der Waals surface area contributed by atoms with E-state index in [9.17, 15) is 9.59 Å². The molecule has 2 N–H and O–H groups in total. The summed E-state index contributed by atoms with van der Waals surface area (Å²) in [4.78, 5) is 27.7. The Hall–Kier alpha value is -2.54. The van der Waals surface area contributed by atoms with Crippen LogP contribution in [0.15, 0.2) is 60.2 Å². The largest absolute Gasteiger partial charge is 0.381 e. The van der Waals surface area contributed by atoms with Crippen molar-refractivity contribution in [3.05, 3.63) is 76.9 Å². The number of nitrogens with one attached hydrogen (secondary N) is 2. The Morgan fingerprint density at radius 2 is 1.97 bits per heavy atom. The Kier molecular flexibility index (Phi) is 8.14. The van der Waals surface area contributed by atoms with E-state index < -0.39 is 0 Å². The number of allylic oxidation sites excluding steroid dienone is 1. The van der Waals surface area contributed by atoms with E-state index in [2.05, 4.69) is 51.9 Å². The molecule has 3 heterocycles. The van der Waals surface area contributed by atoms with E-state index in [1.165, 1.54) is 11.1 Å². The van der Waals surface area contributed by atoms with Crippen molar-refractivity contribution in [2.24, 2.45) is 0 Å². The SMILES string of the molecule is Cl.O=C1CSCC2=C1c1cc(C(=O)NCCCN3CC=C(c4ccccc4)CC3)ccc1NC2. The van der Waals surface area contributed by atoms with Crippen molar-refractivity contribution in [1.82, 2.24) is 10.2 Å². The van der Waals surface area contributed by atoms with Gasteiger partial charge in [0.2, 0.25) is 0 Å². The van der Waals surface area contributed by atoms with Crippen molar-refractivity contribution in [3.63, 3.8) is 0 Å². The predicted octanol–water partition coefficient (Wildman–Crippen LogP) is 4.51. The molecule has 2 aromatic rings. The number of ketones is 1. The van der Waals surface area contributed by atoms with Gasteiger partial charge in [0.1, 0.15) is 0 Å². The molecule has 0 fully saturated rings. The molecule has 34 heavy (non-hydrogen) atoms. The molecule has 0 unspecified atom stereocenters. The molecule has 2 aromatic carbocycles. The Morgan fingerprint density at radius 3 is 2.76 bits per heavy atom. The fourth-order valence-corrected chi connectivity index (χ4v) is 5.70. The molecule has 0 aromatic heterocycles. The molecular weight excluding hydrogens is 466 g/mol. The lowest BCUT2D eigenvalue weighted by Gasteiger charge is -2.27. The number of hydrogen-bond acceptors (Lipinski definition) is 5. The minimum Gasteiger partial charge on any atom is -0.381 e.